The van der Waals surface area contributed by atoms with E-state index in [2.05, 4.69) is 17.1 Å². The number of hydrogen-bond acceptors (Lipinski definition) is 3. The van der Waals surface area contributed by atoms with Crippen molar-refractivity contribution in [2.75, 3.05) is 33.4 Å². The van der Waals surface area contributed by atoms with Gasteiger partial charge in [-0.3, -0.25) is 0 Å². The minimum Gasteiger partial charge on any atom is -0.380 e. The Labute approximate surface area is 197 Å². The second-order valence-corrected chi connectivity index (χ2v) is 8.20. The van der Waals surface area contributed by atoms with E-state index in [0.29, 0.717) is 18.2 Å². The number of methoxy groups -OCH3 is 1. The number of ether oxygens (including phenoxy) is 2. The van der Waals surface area contributed by atoms with Gasteiger partial charge in [-0.25, -0.2) is 9.38 Å². The summed E-state index contributed by atoms with van der Waals surface area (Å²) < 4.78 is 25.1. The zero-order valence-corrected chi connectivity index (χ0v) is 20.7. The van der Waals surface area contributed by atoms with E-state index < -0.39 is 0 Å². The first-order valence-electron chi connectivity index (χ1n) is 11.1. The molecule has 1 saturated carbocycles. The van der Waals surface area contributed by atoms with E-state index >= 15 is 0 Å². The fourth-order valence-electron chi connectivity index (χ4n) is 4.27. The molecule has 3 rings (SSSR count). The molecule has 1 N–H and O–H groups in total. The maximum absolute atomic E-state index is 13.8. The van der Waals surface area contributed by atoms with Gasteiger partial charge in [0.1, 0.15) is 5.82 Å². The number of likely N-dealkylation sites (tertiary alicyclic amines) is 1. The number of hydrogen-bond donors (Lipinski definition) is 1. The molecule has 1 aromatic carbocycles. The summed E-state index contributed by atoms with van der Waals surface area (Å²) in [6, 6.07) is 5.14. The first kappa shape index (κ1) is 25.3. The Morgan fingerprint density at radius 1 is 1.20 bits per heavy atom. The molecule has 1 saturated heterocycles. The standard InChI is InChI=1S/C23H36FN3O2.HI/c1-3-25-23(26-15-19-8-9-22(24)20(14-19)17-28-2)27-12-10-21(11-13-27)29-16-18-6-4-5-7-18;/h8-9,14,18,21H,3-7,10-13,15-17H2,1-2H3,(H,25,26);1H. The van der Waals surface area contributed by atoms with Crippen molar-refractivity contribution in [1.82, 2.24) is 10.2 Å². The van der Waals surface area contributed by atoms with Crippen molar-refractivity contribution in [3.63, 3.8) is 0 Å². The van der Waals surface area contributed by atoms with Gasteiger partial charge in [0.05, 0.1) is 19.3 Å². The molecular formula is C23H37FIN3O2. The number of piperidine rings is 1. The summed E-state index contributed by atoms with van der Waals surface area (Å²) in [5.74, 6) is 1.48. The molecule has 170 valence electrons. The topological polar surface area (TPSA) is 46.1 Å². The number of nitrogens with zero attached hydrogens (tertiary/aromatic N) is 2. The molecule has 0 bridgehead atoms. The third kappa shape index (κ3) is 7.64. The summed E-state index contributed by atoms with van der Waals surface area (Å²) in [4.78, 5) is 7.12. The zero-order chi connectivity index (χ0) is 20.5. The Balaban J connectivity index is 0.00000320. The molecule has 2 fully saturated rings. The molecule has 1 aliphatic carbocycles. The van der Waals surface area contributed by atoms with Crippen LogP contribution < -0.4 is 5.32 Å². The number of guanidine groups is 1. The average molecular weight is 533 g/mol. The van der Waals surface area contributed by atoms with Crippen LogP contribution in [-0.4, -0.2) is 50.3 Å². The monoisotopic (exact) mass is 533 g/mol. The summed E-state index contributed by atoms with van der Waals surface area (Å²) in [5, 5.41) is 3.40. The maximum Gasteiger partial charge on any atom is 0.194 e. The minimum absolute atomic E-state index is 0. The highest BCUT2D eigenvalue weighted by Crippen LogP contribution is 2.26. The molecule has 0 amide bonds. The molecule has 2 aliphatic rings. The lowest BCUT2D eigenvalue weighted by molar-refractivity contribution is 0.00101. The number of benzene rings is 1. The van der Waals surface area contributed by atoms with E-state index in [1.54, 1.807) is 13.2 Å². The van der Waals surface area contributed by atoms with Crippen LogP contribution in [-0.2, 0) is 22.6 Å². The quantitative estimate of drug-likeness (QED) is 0.298. The van der Waals surface area contributed by atoms with Gasteiger partial charge in [-0.05, 0) is 56.2 Å². The van der Waals surface area contributed by atoms with E-state index in [4.69, 9.17) is 14.5 Å². The smallest absolute Gasteiger partial charge is 0.194 e. The van der Waals surface area contributed by atoms with E-state index in [9.17, 15) is 4.39 Å². The van der Waals surface area contributed by atoms with Crippen LogP contribution >= 0.6 is 24.0 Å². The van der Waals surface area contributed by atoms with Crippen LogP contribution in [0.2, 0.25) is 0 Å². The molecule has 1 aliphatic heterocycles. The molecule has 30 heavy (non-hydrogen) atoms. The maximum atomic E-state index is 13.8. The van der Waals surface area contributed by atoms with Crippen molar-refractivity contribution in [3.8, 4) is 0 Å². The summed E-state index contributed by atoms with van der Waals surface area (Å²) in [6.07, 6.45) is 7.89. The molecule has 0 spiro atoms. The van der Waals surface area contributed by atoms with Crippen molar-refractivity contribution in [2.24, 2.45) is 10.9 Å². The molecule has 7 heteroatoms. The first-order valence-corrected chi connectivity index (χ1v) is 11.1. The van der Waals surface area contributed by atoms with Crippen molar-refractivity contribution in [3.05, 3.63) is 35.1 Å². The number of aliphatic imine (C=N–C) groups is 1. The lowest BCUT2D eigenvalue weighted by Crippen LogP contribution is -2.47. The number of rotatable bonds is 8. The molecular weight excluding hydrogens is 496 g/mol. The first-order chi connectivity index (χ1) is 14.2. The van der Waals surface area contributed by atoms with Crippen molar-refractivity contribution in [2.45, 2.75) is 64.7 Å². The highest BCUT2D eigenvalue weighted by molar-refractivity contribution is 14.0. The SMILES string of the molecule is CCNC(=NCc1ccc(F)c(COC)c1)N1CCC(OCC2CCCC2)CC1.I. The molecule has 0 atom stereocenters. The molecule has 1 heterocycles. The van der Waals surface area contributed by atoms with Gasteiger partial charge < -0.3 is 19.7 Å². The van der Waals surface area contributed by atoms with Crippen LogP contribution in [0.3, 0.4) is 0 Å². The molecule has 0 radical (unpaired) electrons. The Bertz CT molecular complexity index is 660. The van der Waals surface area contributed by atoms with Gasteiger partial charge in [0.25, 0.3) is 0 Å². The predicted octanol–water partition coefficient (Wildman–Crippen LogP) is 4.73. The minimum atomic E-state index is -0.230. The van der Waals surface area contributed by atoms with Crippen LogP contribution in [0, 0.1) is 11.7 Å². The third-order valence-corrected chi connectivity index (χ3v) is 5.94. The van der Waals surface area contributed by atoms with Gasteiger partial charge in [0.2, 0.25) is 0 Å². The van der Waals surface area contributed by atoms with Crippen LogP contribution in [0.5, 0.6) is 0 Å². The number of nitrogens with one attached hydrogen (secondary N) is 1. The third-order valence-electron chi connectivity index (χ3n) is 5.94. The van der Waals surface area contributed by atoms with E-state index in [1.807, 2.05) is 6.07 Å². The fourth-order valence-corrected chi connectivity index (χ4v) is 4.27. The van der Waals surface area contributed by atoms with Crippen LogP contribution in [0.4, 0.5) is 4.39 Å². The van der Waals surface area contributed by atoms with Crippen LogP contribution in [0.25, 0.3) is 0 Å². The highest BCUT2D eigenvalue weighted by Gasteiger charge is 2.24. The fraction of sp³-hybridized carbons (Fsp3) is 0.696. The van der Waals surface area contributed by atoms with Crippen molar-refractivity contribution < 1.29 is 13.9 Å². The van der Waals surface area contributed by atoms with Gasteiger partial charge in [0.15, 0.2) is 5.96 Å². The Kier molecular flexibility index (Phi) is 11.4. The van der Waals surface area contributed by atoms with Gasteiger partial charge in [-0.15, -0.1) is 24.0 Å². The normalized spacial score (nSPS) is 18.5. The second kappa shape index (κ2) is 13.5. The number of halogens is 2. The van der Waals surface area contributed by atoms with Gasteiger partial charge >= 0.3 is 0 Å². The van der Waals surface area contributed by atoms with Gasteiger partial charge in [-0.1, -0.05) is 18.9 Å². The van der Waals surface area contributed by atoms with Crippen molar-refractivity contribution >= 4 is 29.9 Å². The lowest BCUT2D eigenvalue weighted by Gasteiger charge is -2.34. The van der Waals surface area contributed by atoms with Crippen LogP contribution in [0.15, 0.2) is 23.2 Å². The summed E-state index contributed by atoms with van der Waals surface area (Å²) in [7, 11) is 1.58. The van der Waals surface area contributed by atoms with E-state index in [1.165, 1.54) is 31.7 Å². The Morgan fingerprint density at radius 2 is 1.93 bits per heavy atom. The molecule has 0 unspecified atom stereocenters. The van der Waals surface area contributed by atoms with Gasteiger partial charge in [0, 0.05) is 38.9 Å². The van der Waals surface area contributed by atoms with E-state index in [-0.39, 0.29) is 36.4 Å². The summed E-state index contributed by atoms with van der Waals surface area (Å²) >= 11 is 0. The Hall–Kier alpha value is -0.930. The summed E-state index contributed by atoms with van der Waals surface area (Å²) in [5.41, 5.74) is 1.56. The van der Waals surface area contributed by atoms with Crippen LogP contribution in [0.1, 0.15) is 56.6 Å². The van der Waals surface area contributed by atoms with Gasteiger partial charge in [-0.2, -0.15) is 0 Å². The largest absolute Gasteiger partial charge is 0.380 e. The van der Waals surface area contributed by atoms with Crippen molar-refractivity contribution in [1.29, 1.82) is 0 Å². The molecule has 0 aromatic heterocycles. The predicted molar refractivity (Wildman–Crippen MR) is 130 cm³/mol. The Morgan fingerprint density at radius 3 is 2.60 bits per heavy atom. The zero-order valence-electron chi connectivity index (χ0n) is 18.4. The average Bonchev–Trinajstić information content (AvgIpc) is 3.26. The highest BCUT2D eigenvalue weighted by atomic mass is 127. The second-order valence-electron chi connectivity index (χ2n) is 8.20. The molecule has 5 nitrogen and oxygen atoms in total. The molecule has 1 aromatic rings. The lowest BCUT2D eigenvalue weighted by atomic mass is 10.1. The summed E-state index contributed by atoms with van der Waals surface area (Å²) in [6.45, 7) is 6.57. The van der Waals surface area contributed by atoms with E-state index in [0.717, 1.165) is 56.5 Å².